The van der Waals surface area contributed by atoms with E-state index in [0.29, 0.717) is 13.1 Å². The maximum Gasteiger partial charge on any atom is 0.416 e. The van der Waals surface area contributed by atoms with Gasteiger partial charge in [0.2, 0.25) is 5.91 Å². The molecule has 2 fully saturated rings. The summed E-state index contributed by atoms with van der Waals surface area (Å²) in [6, 6.07) is 5.33. The third-order valence-electron chi connectivity index (χ3n) is 4.79. The van der Waals surface area contributed by atoms with E-state index >= 15 is 0 Å². The molecule has 4 nitrogen and oxygen atoms in total. The number of rotatable bonds is 2. The summed E-state index contributed by atoms with van der Waals surface area (Å²) >= 11 is 0. The number of hydrogen-bond acceptors (Lipinski definition) is 3. The van der Waals surface area contributed by atoms with Gasteiger partial charge in [0, 0.05) is 39.1 Å². The van der Waals surface area contributed by atoms with Gasteiger partial charge in [0.15, 0.2) is 0 Å². The van der Waals surface area contributed by atoms with Crippen LogP contribution in [0.2, 0.25) is 0 Å². The average molecular weight is 342 g/mol. The summed E-state index contributed by atoms with van der Waals surface area (Å²) in [6.07, 6.45) is -3.37. The van der Waals surface area contributed by atoms with E-state index in [9.17, 15) is 18.0 Å². The van der Waals surface area contributed by atoms with Crippen molar-refractivity contribution in [3.8, 4) is 0 Å². The number of alkyl halides is 3. The predicted molar refractivity (Wildman–Crippen MR) is 82.2 cm³/mol. The van der Waals surface area contributed by atoms with Gasteiger partial charge in [0.05, 0.1) is 11.7 Å². The van der Waals surface area contributed by atoms with Gasteiger partial charge < -0.3 is 9.64 Å². The first kappa shape index (κ1) is 17.2. The Morgan fingerprint density at radius 1 is 1.21 bits per heavy atom. The molecule has 0 aromatic heterocycles. The minimum Gasteiger partial charge on any atom is -0.368 e. The topological polar surface area (TPSA) is 32.8 Å². The number of ether oxygens (including phenoxy) is 1. The van der Waals surface area contributed by atoms with Crippen molar-refractivity contribution in [2.24, 2.45) is 5.92 Å². The lowest BCUT2D eigenvalue weighted by molar-refractivity contribution is -0.137. The molecule has 7 heteroatoms. The second-order valence-electron chi connectivity index (χ2n) is 6.60. The Kier molecular flexibility index (Phi) is 4.83. The van der Waals surface area contributed by atoms with Crippen molar-refractivity contribution in [3.05, 3.63) is 35.4 Å². The molecule has 0 saturated carbocycles. The first-order valence-corrected chi connectivity index (χ1v) is 8.07. The zero-order chi connectivity index (χ0) is 17.3. The van der Waals surface area contributed by atoms with Crippen LogP contribution in [-0.4, -0.2) is 55.1 Å². The SMILES string of the molecule is CN1C[C@H]2CN(Cc3ccc(C(F)(F)F)cc3)CC[C@@H]2OCC1=O. The largest absolute Gasteiger partial charge is 0.416 e. The van der Waals surface area contributed by atoms with Crippen molar-refractivity contribution in [2.45, 2.75) is 25.2 Å². The van der Waals surface area contributed by atoms with Crippen molar-refractivity contribution in [1.29, 1.82) is 0 Å². The molecule has 2 atom stereocenters. The molecule has 24 heavy (non-hydrogen) atoms. The Labute approximate surface area is 139 Å². The quantitative estimate of drug-likeness (QED) is 0.827. The molecule has 1 aromatic carbocycles. The van der Waals surface area contributed by atoms with Gasteiger partial charge in [0.25, 0.3) is 0 Å². The second kappa shape index (κ2) is 6.72. The zero-order valence-corrected chi connectivity index (χ0v) is 13.6. The summed E-state index contributed by atoms with van der Waals surface area (Å²) in [4.78, 5) is 15.7. The number of carbonyl (C=O) groups is 1. The summed E-state index contributed by atoms with van der Waals surface area (Å²) in [5.41, 5.74) is 0.239. The molecule has 2 heterocycles. The molecule has 3 rings (SSSR count). The summed E-state index contributed by atoms with van der Waals surface area (Å²) in [7, 11) is 1.78. The van der Waals surface area contributed by atoms with Crippen LogP contribution in [0.4, 0.5) is 13.2 Å². The molecular weight excluding hydrogens is 321 g/mol. The highest BCUT2D eigenvalue weighted by atomic mass is 19.4. The third kappa shape index (κ3) is 3.89. The summed E-state index contributed by atoms with van der Waals surface area (Å²) < 4.78 is 43.5. The number of amides is 1. The highest BCUT2D eigenvalue weighted by Crippen LogP contribution is 2.30. The van der Waals surface area contributed by atoms with E-state index < -0.39 is 11.7 Å². The van der Waals surface area contributed by atoms with Crippen LogP contribution >= 0.6 is 0 Å². The Morgan fingerprint density at radius 3 is 2.58 bits per heavy atom. The molecule has 0 aliphatic carbocycles. The Hall–Kier alpha value is -1.60. The molecule has 2 saturated heterocycles. The number of halogens is 3. The number of hydrogen-bond donors (Lipinski definition) is 0. The number of carbonyl (C=O) groups excluding carboxylic acids is 1. The number of likely N-dealkylation sites (N-methyl/N-ethyl adjacent to an activating group) is 1. The fourth-order valence-electron chi connectivity index (χ4n) is 3.42. The van der Waals surface area contributed by atoms with Gasteiger partial charge in [-0.2, -0.15) is 13.2 Å². The Bertz CT molecular complexity index is 588. The predicted octanol–water partition coefficient (Wildman–Crippen LogP) is 2.38. The first-order valence-electron chi connectivity index (χ1n) is 8.07. The van der Waals surface area contributed by atoms with Crippen LogP contribution in [0.15, 0.2) is 24.3 Å². The number of piperidine rings is 1. The third-order valence-corrected chi connectivity index (χ3v) is 4.79. The molecule has 0 N–H and O–H groups in total. The molecule has 0 spiro atoms. The van der Waals surface area contributed by atoms with Crippen molar-refractivity contribution >= 4 is 5.91 Å². The maximum atomic E-state index is 12.6. The lowest BCUT2D eigenvalue weighted by atomic mass is 9.94. The fourth-order valence-corrected chi connectivity index (χ4v) is 3.42. The molecule has 0 unspecified atom stereocenters. The van der Waals surface area contributed by atoms with E-state index in [1.165, 1.54) is 12.1 Å². The van der Waals surface area contributed by atoms with Crippen molar-refractivity contribution < 1.29 is 22.7 Å². The monoisotopic (exact) mass is 342 g/mol. The van der Waals surface area contributed by atoms with Crippen molar-refractivity contribution in [2.75, 3.05) is 33.3 Å². The molecular formula is C17H21F3N2O2. The molecule has 2 aliphatic heterocycles. The number of likely N-dealkylation sites (tertiary alicyclic amines) is 1. The van der Waals surface area contributed by atoms with Gasteiger partial charge in [-0.1, -0.05) is 12.1 Å². The average Bonchev–Trinajstić information content (AvgIpc) is 2.66. The Morgan fingerprint density at radius 2 is 1.92 bits per heavy atom. The highest BCUT2D eigenvalue weighted by Gasteiger charge is 2.35. The van der Waals surface area contributed by atoms with E-state index in [1.54, 1.807) is 11.9 Å². The second-order valence-corrected chi connectivity index (χ2v) is 6.60. The van der Waals surface area contributed by atoms with E-state index in [-0.39, 0.29) is 24.5 Å². The lowest BCUT2D eigenvalue weighted by Gasteiger charge is -2.37. The minimum absolute atomic E-state index is 0.00121. The van der Waals surface area contributed by atoms with Crippen molar-refractivity contribution in [1.82, 2.24) is 9.80 Å². The van der Waals surface area contributed by atoms with Crippen LogP contribution in [0.3, 0.4) is 0 Å². The van der Waals surface area contributed by atoms with E-state index in [4.69, 9.17) is 4.74 Å². The van der Waals surface area contributed by atoms with Crippen LogP contribution in [-0.2, 0) is 22.3 Å². The molecule has 1 amide bonds. The summed E-state index contributed by atoms with van der Waals surface area (Å²) in [5, 5.41) is 0. The van der Waals surface area contributed by atoms with Crippen molar-refractivity contribution in [3.63, 3.8) is 0 Å². The molecule has 2 aliphatic rings. The summed E-state index contributed by atoms with van der Waals surface area (Å²) in [5.74, 6) is 0.239. The van der Waals surface area contributed by atoms with Gasteiger partial charge in [-0.25, -0.2) is 0 Å². The van der Waals surface area contributed by atoms with Gasteiger partial charge in [-0.15, -0.1) is 0 Å². The normalized spacial score (nSPS) is 26.2. The van der Waals surface area contributed by atoms with E-state index in [0.717, 1.165) is 37.2 Å². The summed E-state index contributed by atoms with van der Waals surface area (Å²) in [6.45, 7) is 3.01. The van der Waals surface area contributed by atoms with Gasteiger partial charge in [0.1, 0.15) is 6.61 Å². The highest BCUT2D eigenvalue weighted by molar-refractivity contribution is 5.77. The molecule has 1 aromatic rings. The smallest absolute Gasteiger partial charge is 0.368 e. The molecule has 0 bridgehead atoms. The number of fused-ring (bicyclic) bond motifs is 1. The van der Waals surface area contributed by atoms with E-state index in [2.05, 4.69) is 4.90 Å². The van der Waals surface area contributed by atoms with Crippen LogP contribution in [0.25, 0.3) is 0 Å². The van der Waals surface area contributed by atoms with E-state index in [1.807, 2.05) is 0 Å². The van der Waals surface area contributed by atoms with Crippen LogP contribution < -0.4 is 0 Å². The Balaban J connectivity index is 1.62. The van der Waals surface area contributed by atoms with Crippen LogP contribution in [0, 0.1) is 5.92 Å². The van der Waals surface area contributed by atoms with Crippen LogP contribution in [0.5, 0.6) is 0 Å². The van der Waals surface area contributed by atoms with Gasteiger partial charge >= 0.3 is 6.18 Å². The number of nitrogens with zero attached hydrogens (tertiary/aromatic N) is 2. The molecule has 132 valence electrons. The molecule has 0 radical (unpaired) electrons. The van der Waals surface area contributed by atoms with Gasteiger partial charge in [-0.05, 0) is 24.1 Å². The maximum absolute atomic E-state index is 12.6. The standard InChI is InChI=1S/C17H21F3N2O2/c1-21-9-13-10-22(7-6-15(13)24-11-16(21)23)8-12-2-4-14(5-3-12)17(18,19)20/h2-5,13,15H,6-11H2,1H3/t13-,15-/m0/s1. The van der Waals surface area contributed by atoms with Gasteiger partial charge in [-0.3, -0.25) is 9.69 Å². The zero-order valence-electron chi connectivity index (χ0n) is 13.6. The fraction of sp³-hybridized carbons (Fsp3) is 0.588. The lowest BCUT2D eigenvalue weighted by Crippen LogP contribution is -2.46. The number of benzene rings is 1. The first-order chi connectivity index (χ1) is 11.3. The van der Waals surface area contributed by atoms with Crippen LogP contribution in [0.1, 0.15) is 17.5 Å². The minimum atomic E-state index is -4.30.